The van der Waals surface area contributed by atoms with Crippen LogP contribution in [0.25, 0.3) is 0 Å². The topological polar surface area (TPSA) is 52.0 Å². The molecule has 0 aliphatic heterocycles. The number of nitriles is 1. The lowest BCUT2D eigenvalue weighted by Crippen LogP contribution is -2.34. The van der Waals surface area contributed by atoms with Crippen molar-refractivity contribution in [2.45, 2.75) is 32.9 Å². The first kappa shape index (κ1) is 14.6. The summed E-state index contributed by atoms with van der Waals surface area (Å²) in [4.78, 5) is 6.30. The van der Waals surface area contributed by atoms with E-state index < -0.39 is 0 Å². The molecule has 1 aromatic heterocycles. The summed E-state index contributed by atoms with van der Waals surface area (Å²) in [7, 11) is 2.15. The molecule has 0 saturated carbocycles. The van der Waals surface area contributed by atoms with Gasteiger partial charge in [-0.25, -0.2) is 4.98 Å². The number of hydrogen-bond donors (Lipinski definition) is 1. The second kappa shape index (κ2) is 7.80. The van der Waals surface area contributed by atoms with Gasteiger partial charge in [0.2, 0.25) is 0 Å². The standard InChI is InChI=1S/C14H22N4/c1-4-12(2)18(3)8-7-16-11-13-5-6-17-14(9-13)10-15/h5-6,9,12,16H,4,7-8,11H2,1-3H3. The number of hydrogen-bond acceptors (Lipinski definition) is 4. The molecule has 4 heteroatoms. The van der Waals surface area contributed by atoms with E-state index in [1.165, 1.54) is 6.42 Å². The van der Waals surface area contributed by atoms with Crippen LogP contribution in [0.15, 0.2) is 18.3 Å². The third kappa shape index (κ3) is 4.82. The number of nitrogens with one attached hydrogen (secondary N) is 1. The molecule has 0 saturated heterocycles. The average Bonchev–Trinajstić information content (AvgIpc) is 2.42. The van der Waals surface area contributed by atoms with Crippen molar-refractivity contribution in [3.05, 3.63) is 29.6 Å². The zero-order chi connectivity index (χ0) is 13.4. The SMILES string of the molecule is CCC(C)N(C)CCNCc1ccnc(C#N)c1. The van der Waals surface area contributed by atoms with E-state index in [2.05, 4.69) is 42.2 Å². The Bertz CT molecular complexity index is 397. The van der Waals surface area contributed by atoms with Crippen LogP contribution in [0, 0.1) is 11.3 Å². The van der Waals surface area contributed by atoms with E-state index in [9.17, 15) is 0 Å². The van der Waals surface area contributed by atoms with E-state index in [4.69, 9.17) is 5.26 Å². The van der Waals surface area contributed by atoms with Crippen LogP contribution in [0.3, 0.4) is 0 Å². The van der Waals surface area contributed by atoms with Crippen molar-refractivity contribution in [2.24, 2.45) is 0 Å². The van der Waals surface area contributed by atoms with Crippen LogP contribution in [0.5, 0.6) is 0 Å². The molecule has 0 aliphatic carbocycles. The zero-order valence-electron chi connectivity index (χ0n) is 11.5. The Morgan fingerprint density at radius 1 is 1.56 bits per heavy atom. The second-order valence-corrected chi connectivity index (χ2v) is 4.58. The molecule has 1 rings (SSSR count). The number of aromatic nitrogens is 1. The van der Waals surface area contributed by atoms with E-state index in [-0.39, 0.29) is 0 Å². The summed E-state index contributed by atoms with van der Waals surface area (Å²) >= 11 is 0. The molecule has 1 heterocycles. The van der Waals surface area contributed by atoms with Crippen molar-refractivity contribution < 1.29 is 0 Å². The highest BCUT2D eigenvalue weighted by Crippen LogP contribution is 2.01. The van der Waals surface area contributed by atoms with Crippen LogP contribution in [0.1, 0.15) is 31.5 Å². The smallest absolute Gasteiger partial charge is 0.140 e. The summed E-state index contributed by atoms with van der Waals surface area (Å²) in [5.74, 6) is 0. The van der Waals surface area contributed by atoms with Crippen LogP contribution in [0.2, 0.25) is 0 Å². The number of pyridine rings is 1. The fourth-order valence-electron chi connectivity index (χ4n) is 1.67. The molecule has 0 fully saturated rings. The lowest BCUT2D eigenvalue weighted by Gasteiger charge is -2.23. The Morgan fingerprint density at radius 2 is 2.33 bits per heavy atom. The largest absolute Gasteiger partial charge is 0.311 e. The third-order valence-corrected chi connectivity index (χ3v) is 3.25. The number of nitrogens with zero attached hydrogens (tertiary/aromatic N) is 3. The van der Waals surface area contributed by atoms with E-state index in [1.807, 2.05) is 12.1 Å². The van der Waals surface area contributed by atoms with Gasteiger partial charge in [-0.3, -0.25) is 0 Å². The Hall–Kier alpha value is -1.44. The van der Waals surface area contributed by atoms with E-state index in [0.717, 1.165) is 25.2 Å². The molecule has 1 unspecified atom stereocenters. The van der Waals surface area contributed by atoms with Gasteiger partial charge in [-0.05, 0) is 38.1 Å². The minimum absolute atomic E-state index is 0.478. The minimum Gasteiger partial charge on any atom is -0.311 e. The van der Waals surface area contributed by atoms with Crippen molar-refractivity contribution in [2.75, 3.05) is 20.1 Å². The quantitative estimate of drug-likeness (QED) is 0.745. The Morgan fingerprint density at radius 3 is 3.00 bits per heavy atom. The molecule has 0 aliphatic rings. The molecular weight excluding hydrogens is 224 g/mol. The third-order valence-electron chi connectivity index (χ3n) is 3.25. The first-order valence-electron chi connectivity index (χ1n) is 6.43. The molecule has 0 spiro atoms. The molecular formula is C14H22N4. The van der Waals surface area contributed by atoms with Gasteiger partial charge >= 0.3 is 0 Å². The van der Waals surface area contributed by atoms with Crippen LogP contribution in [-0.4, -0.2) is 36.1 Å². The molecule has 1 aromatic rings. The highest BCUT2D eigenvalue weighted by atomic mass is 15.1. The highest BCUT2D eigenvalue weighted by Gasteiger charge is 2.05. The lowest BCUT2D eigenvalue weighted by molar-refractivity contribution is 0.251. The zero-order valence-corrected chi connectivity index (χ0v) is 11.5. The van der Waals surface area contributed by atoms with Gasteiger partial charge in [0.15, 0.2) is 0 Å². The van der Waals surface area contributed by atoms with Gasteiger partial charge in [0.25, 0.3) is 0 Å². The molecule has 98 valence electrons. The Balaban J connectivity index is 2.27. The fourth-order valence-corrected chi connectivity index (χ4v) is 1.67. The molecule has 1 atom stereocenters. The van der Waals surface area contributed by atoms with Crippen molar-refractivity contribution in [1.82, 2.24) is 15.2 Å². The van der Waals surface area contributed by atoms with Crippen LogP contribution < -0.4 is 5.32 Å². The summed E-state index contributed by atoms with van der Waals surface area (Å²) < 4.78 is 0. The Labute approximate surface area is 110 Å². The van der Waals surface area contributed by atoms with Crippen molar-refractivity contribution in [3.8, 4) is 6.07 Å². The Kier molecular flexibility index (Phi) is 6.34. The summed E-state index contributed by atoms with van der Waals surface area (Å²) in [6.07, 6.45) is 2.85. The molecule has 4 nitrogen and oxygen atoms in total. The number of likely N-dealkylation sites (N-methyl/N-ethyl adjacent to an activating group) is 1. The average molecular weight is 246 g/mol. The maximum absolute atomic E-state index is 8.76. The van der Waals surface area contributed by atoms with Crippen LogP contribution in [0.4, 0.5) is 0 Å². The van der Waals surface area contributed by atoms with Gasteiger partial charge in [-0.1, -0.05) is 6.92 Å². The van der Waals surface area contributed by atoms with Crippen molar-refractivity contribution in [3.63, 3.8) is 0 Å². The van der Waals surface area contributed by atoms with Gasteiger partial charge in [0.1, 0.15) is 11.8 Å². The van der Waals surface area contributed by atoms with Crippen LogP contribution >= 0.6 is 0 Å². The lowest BCUT2D eigenvalue weighted by atomic mass is 10.2. The van der Waals surface area contributed by atoms with E-state index in [1.54, 1.807) is 6.20 Å². The van der Waals surface area contributed by atoms with Gasteiger partial charge in [-0.15, -0.1) is 0 Å². The molecule has 0 bridgehead atoms. The van der Waals surface area contributed by atoms with Gasteiger partial charge in [0, 0.05) is 31.9 Å². The van der Waals surface area contributed by atoms with Crippen molar-refractivity contribution in [1.29, 1.82) is 5.26 Å². The summed E-state index contributed by atoms with van der Waals surface area (Å²) in [6, 6.07) is 6.44. The van der Waals surface area contributed by atoms with E-state index in [0.29, 0.717) is 11.7 Å². The second-order valence-electron chi connectivity index (χ2n) is 4.58. The predicted octanol–water partition coefficient (Wildman–Crippen LogP) is 1.77. The first-order valence-corrected chi connectivity index (χ1v) is 6.43. The predicted molar refractivity (Wildman–Crippen MR) is 73.0 cm³/mol. The highest BCUT2D eigenvalue weighted by molar-refractivity contribution is 5.25. The fraction of sp³-hybridized carbons (Fsp3) is 0.571. The molecule has 0 amide bonds. The summed E-state index contributed by atoms with van der Waals surface area (Å²) in [5, 5.41) is 12.1. The van der Waals surface area contributed by atoms with Crippen LogP contribution in [-0.2, 0) is 6.54 Å². The summed E-state index contributed by atoms with van der Waals surface area (Å²) in [5.41, 5.74) is 1.58. The molecule has 18 heavy (non-hydrogen) atoms. The molecule has 0 aromatic carbocycles. The van der Waals surface area contributed by atoms with Crippen molar-refractivity contribution >= 4 is 0 Å². The summed E-state index contributed by atoms with van der Waals surface area (Å²) in [6.45, 7) is 7.21. The van der Waals surface area contributed by atoms with E-state index >= 15 is 0 Å². The normalized spacial score (nSPS) is 12.4. The molecule has 0 radical (unpaired) electrons. The number of rotatable bonds is 7. The van der Waals surface area contributed by atoms with Gasteiger partial charge < -0.3 is 10.2 Å². The van der Waals surface area contributed by atoms with Gasteiger partial charge in [0.05, 0.1) is 0 Å². The maximum Gasteiger partial charge on any atom is 0.140 e. The maximum atomic E-state index is 8.76. The van der Waals surface area contributed by atoms with Gasteiger partial charge in [-0.2, -0.15) is 5.26 Å². The monoisotopic (exact) mass is 246 g/mol. The molecule has 1 N–H and O–H groups in total. The minimum atomic E-state index is 0.478. The first-order chi connectivity index (χ1) is 8.67.